The van der Waals surface area contributed by atoms with E-state index in [0.717, 1.165) is 7.05 Å². The molecule has 0 aromatic carbocycles. The number of nitrogens with zero attached hydrogens (tertiary/aromatic N) is 1. The first-order valence-electron chi connectivity index (χ1n) is 4.07. The van der Waals surface area contributed by atoms with E-state index in [-0.39, 0.29) is 3.71 Å². The van der Waals surface area contributed by atoms with Gasteiger partial charge in [0.25, 0.3) is 10.1 Å². The molecule has 0 amide bonds. The van der Waals surface area contributed by atoms with Crippen LogP contribution in [0.2, 0.25) is 0 Å². The molecule has 0 bridgehead atoms. The Labute approximate surface area is 95.1 Å². The van der Waals surface area contributed by atoms with Crippen LogP contribution in [-0.2, 0) is 30.2 Å². The maximum absolute atomic E-state index is 11.4. The molecule has 0 aromatic heterocycles. The summed E-state index contributed by atoms with van der Waals surface area (Å²) in [6, 6.07) is 0. The Balaban J connectivity index is 4.97. The number of sulfonamides is 2. The van der Waals surface area contributed by atoms with Gasteiger partial charge in [-0.15, -0.1) is 0 Å². The summed E-state index contributed by atoms with van der Waals surface area (Å²) >= 11 is 0. The van der Waals surface area contributed by atoms with Gasteiger partial charge in [-0.3, -0.25) is 4.55 Å². The van der Waals surface area contributed by atoms with Gasteiger partial charge in [0.2, 0.25) is 20.0 Å². The summed E-state index contributed by atoms with van der Waals surface area (Å²) in [5, 5.41) is 0. The molecule has 0 heterocycles. The van der Waals surface area contributed by atoms with Gasteiger partial charge < -0.3 is 0 Å². The fraction of sp³-hybridized carbons (Fsp3) is 1.00. The normalized spacial score (nSPS) is 14.2. The molecular formula is C5H13NO7S3. The first-order chi connectivity index (χ1) is 6.92. The van der Waals surface area contributed by atoms with Crippen molar-refractivity contribution in [1.82, 2.24) is 3.71 Å². The molecule has 0 spiro atoms. The molecule has 11 heteroatoms. The van der Waals surface area contributed by atoms with Crippen LogP contribution in [0.15, 0.2) is 0 Å². The van der Waals surface area contributed by atoms with Gasteiger partial charge in [0.1, 0.15) is 0 Å². The van der Waals surface area contributed by atoms with E-state index in [1.165, 1.54) is 6.92 Å². The van der Waals surface area contributed by atoms with Crippen LogP contribution in [0.25, 0.3) is 0 Å². The molecule has 0 unspecified atom stereocenters. The molecule has 0 radical (unpaired) electrons. The molecule has 0 saturated carbocycles. The standard InChI is InChI=1S/C5H13NO7S3/c1-3-14(7,8)6(2)15(9,10)4-5-16(11,12)13/h3-5H2,1-2H3,(H,11,12,13). The highest BCUT2D eigenvalue weighted by molar-refractivity contribution is 8.04. The van der Waals surface area contributed by atoms with Gasteiger partial charge in [-0.2, -0.15) is 8.42 Å². The molecule has 0 aliphatic rings. The van der Waals surface area contributed by atoms with Crippen LogP contribution >= 0.6 is 0 Å². The zero-order chi connectivity index (χ0) is 13.2. The molecule has 0 aromatic rings. The van der Waals surface area contributed by atoms with Crippen LogP contribution in [-0.4, -0.2) is 57.8 Å². The van der Waals surface area contributed by atoms with Gasteiger partial charge in [0, 0.05) is 7.05 Å². The average Bonchev–Trinajstić information content (AvgIpc) is 2.13. The highest BCUT2D eigenvalue weighted by atomic mass is 32.3. The number of rotatable bonds is 6. The fourth-order valence-corrected chi connectivity index (χ4v) is 4.92. The summed E-state index contributed by atoms with van der Waals surface area (Å²) in [5.74, 6) is -2.45. The third kappa shape index (κ3) is 4.74. The second-order valence-electron chi connectivity index (χ2n) is 2.88. The van der Waals surface area contributed by atoms with E-state index < -0.39 is 47.4 Å². The maximum Gasteiger partial charge on any atom is 0.265 e. The lowest BCUT2D eigenvalue weighted by Gasteiger charge is -2.15. The smallest absolute Gasteiger partial charge is 0.265 e. The van der Waals surface area contributed by atoms with E-state index in [0.29, 0.717) is 0 Å². The molecule has 0 aliphatic heterocycles. The van der Waals surface area contributed by atoms with Crippen molar-refractivity contribution in [3.8, 4) is 0 Å². The Bertz CT molecular complexity index is 529. The first-order valence-corrected chi connectivity index (χ1v) is 8.90. The zero-order valence-electron chi connectivity index (χ0n) is 8.69. The molecule has 98 valence electrons. The minimum atomic E-state index is -4.44. The second-order valence-corrected chi connectivity index (χ2v) is 9.09. The molecule has 8 nitrogen and oxygen atoms in total. The lowest BCUT2D eigenvalue weighted by molar-refractivity contribution is 0.482. The van der Waals surface area contributed by atoms with E-state index in [1.54, 1.807) is 0 Å². The first kappa shape index (κ1) is 15.8. The Morgan fingerprint density at radius 3 is 1.69 bits per heavy atom. The Hall–Kier alpha value is -0.230. The van der Waals surface area contributed by atoms with Crippen molar-refractivity contribution in [3.05, 3.63) is 0 Å². The van der Waals surface area contributed by atoms with Gasteiger partial charge >= 0.3 is 0 Å². The summed E-state index contributed by atoms with van der Waals surface area (Å²) in [6.07, 6.45) is 0. The molecule has 0 aliphatic carbocycles. The average molecular weight is 295 g/mol. The minimum absolute atomic E-state index is 0.116. The van der Waals surface area contributed by atoms with Crippen molar-refractivity contribution in [2.75, 3.05) is 24.3 Å². The largest absolute Gasteiger partial charge is 0.286 e. The Kier molecular flexibility index (Phi) is 4.89. The van der Waals surface area contributed by atoms with E-state index in [4.69, 9.17) is 4.55 Å². The maximum atomic E-state index is 11.4. The van der Waals surface area contributed by atoms with E-state index in [2.05, 4.69) is 0 Å². The van der Waals surface area contributed by atoms with Crippen molar-refractivity contribution in [2.24, 2.45) is 0 Å². The Morgan fingerprint density at radius 2 is 1.38 bits per heavy atom. The van der Waals surface area contributed by atoms with Crippen molar-refractivity contribution in [2.45, 2.75) is 6.92 Å². The monoisotopic (exact) mass is 295 g/mol. The molecule has 0 fully saturated rings. The van der Waals surface area contributed by atoms with E-state index >= 15 is 0 Å². The van der Waals surface area contributed by atoms with Crippen LogP contribution in [0.3, 0.4) is 0 Å². The predicted molar refractivity (Wildman–Crippen MR) is 57.4 cm³/mol. The predicted octanol–water partition coefficient (Wildman–Crippen LogP) is -1.51. The topological polar surface area (TPSA) is 126 Å². The number of hydrogen-bond donors (Lipinski definition) is 1. The van der Waals surface area contributed by atoms with Gasteiger partial charge in [-0.1, -0.05) is 3.71 Å². The lowest BCUT2D eigenvalue weighted by atomic mass is 11.0. The van der Waals surface area contributed by atoms with Gasteiger partial charge in [0.05, 0.1) is 17.3 Å². The Morgan fingerprint density at radius 1 is 0.938 bits per heavy atom. The molecule has 1 N–H and O–H groups in total. The summed E-state index contributed by atoms with van der Waals surface area (Å²) in [6.45, 7) is 1.25. The van der Waals surface area contributed by atoms with Crippen molar-refractivity contribution in [3.63, 3.8) is 0 Å². The van der Waals surface area contributed by atoms with Gasteiger partial charge in [-0.25, -0.2) is 16.8 Å². The molecule has 16 heavy (non-hydrogen) atoms. The van der Waals surface area contributed by atoms with Gasteiger partial charge in [-0.05, 0) is 6.92 Å². The van der Waals surface area contributed by atoms with Crippen LogP contribution in [0.4, 0.5) is 0 Å². The van der Waals surface area contributed by atoms with E-state index in [9.17, 15) is 25.3 Å². The summed E-state index contributed by atoms with van der Waals surface area (Å²) in [4.78, 5) is 0. The molecule has 0 saturated heterocycles. The highest BCUT2D eigenvalue weighted by Gasteiger charge is 2.29. The summed E-state index contributed by atoms with van der Waals surface area (Å²) in [7, 11) is -11.8. The van der Waals surface area contributed by atoms with E-state index in [1.807, 2.05) is 0 Å². The third-order valence-electron chi connectivity index (χ3n) is 1.75. The molecule has 0 atom stereocenters. The fourth-order valence-electron chi connectivity index (χ4n) is 0.694. The van der Waals surface area contributed by atoms with Crippen LogP contribution in [0.5, 0.6) is 0 Å². The second kappa shape index (κ2) is 4.96. The highest BCUT2D eigenvalue weighted by Crippen LogP contribution is 2.07. The zero-order valence-corrected chi connectivity index (χ0v) is 11.1. The SMILES string of the molecule is CCS(=O)(=O)N(C)S(=O)(=O)CCS(=O)(=O)O. The summed E-state index contributed by atoms with van der Waals surface area (Å²) in [5.41, 5.74) is 0. The number of hydrogen-bond acceptors (Lipinski definition) is 6. The molecule has 0 rings (SSSR count). The van der Waals surface area contributed by atoms with Crippen molar-refractivity contribution >= 4 is 30.2 Å². The van der Waals surface area contributed by atoms with Crippen LogP contribution in [0.1, 0.15) is 6.92 Å². The third-order valence-corrected chi connectivity index (χ3v) is 7.11. The van der Waals surface area contributed by atoms with Crippen LogP contribution < -0.4 is 0 Å². The summed E-state index contributed by atoms with van der Waals surface area (Å²) < 4.78 is 74.3. The minimum Gasteiger partial charge on any atom is -0.286 e. The van der Waals surface area contributed by atoms with Gasteiger partial charge in [0.15, 0.2) is 0 Å². The quantitative estimate of drug-likeness (QED) is 0.590. The van der Waals surface area contributed by atoms with Crippen molar-refractivity contribution in [1.29, 1.82) is 0 Å². The van der Waals surface area contributed by atoms with Crippen molar-refractivity contribution < 1.29 is 29.8 Å². The lowest BCUT2D eigenvalue weighted by Crippen LogP contribution is -2.37. The molecular weight excluding hydrogens is 282 g/mol. The van der Waals surface area contributed by atoms with Crippen LogP contribution in [0, 0.1) is 0 Å².